The fourth-order valence-corrected chi connectivity index (χ4v) is 0.495. The molecule has 0 aromatic rings. The maximum absolute atomic E-state index is 10.2. The Balaban J connectivity index is 0. The molecule has 2 nitrogen and oxygen atoms in total. The third-order valence-electron chi connectivity index (χ3n) is 0.950. The molecule has 69 valence electrons. The molecule has 0 fully saturated rings. The van der Waals surface area contributed by atoms with Gasteiger partial charge in [0.2, 0.25) is 0 Å². The number of esters is 1. The summed E-state index contributed by atoms with van der Waals surface area (Å²) in [6.45, 7) is 5.63. The first-order chi connectivity index (χ1) is 5.68. The molecule has 0 spiro atoms. The normalized spacial score (nSPS) is 7.67. The van der Waals surface area contributed by atoms with Gasteiger partial charge in [0.25, 0.3) is 0 Å². The van der Waals surface area contributed by atoms with Crippen molar-refractivity contribution in [2.45, 2.75) is 26.2 Å². The summed E-state index contributed by atoms with van der Waals surface area (Å²) in [7, 11) is 0. The van der Waals surface area contributed by atoms with Crippen molar-refractivity contribution in [2.75, 3.05) is 6.61 Å². The molecule has 0 amide bonds. The Bertz CT molecular complexity index is 101. The van der Waals surface area contributed by atoms with Gasteiger partial charge in [0.15, 0.2) is 0 Å². The van der Waals surface area contributed by atoms with Crippen LogP contribution in [-0.2, 0) is 22.7 Å². The van der Waals surface area contributed by atoms with E-state index in [1.807, 2.05) is 0 Å². The van der Waals surface area contributed by atoms with Crippen LogP contribution < -0.4 is 0 Å². The molecule has 0 aliphatic heterocycles. The predicted molar refractivity (Wildman–Crippen MR) is 53.7 cm³/mol. The molecule has 0 unspecified atom stereocenters. The topological polar surface area (TPSA) is 26.3 Å². The maximum atomic E-state index is 10.2. The van der Waals surface area contributed by atoms with Crippen LogP contribution in [0.2, 0.25) is 0 Å². The van der Waals surface area contributed by atoms with Gasteiger partial charge in [0.05, 0.1) is 6.61 Å². The first-order valence-corrected chi connectivity index (χ1v) is 17.6. The number of unbranched alkanes of at least 4 members (excludes halogenated alkanes) is 2. The molecule has 0 heterocycles. The van der Waals surface area contributed by atoms with Gasteiger partial charge < -0.3 is 4.74 Å². The van der Waals surface area contributed by atoms with E-state index in [4.69, 9.17) is 0 Å². The van der Waals surface area contributed by atoms with Gasteiger partial charge in [-0.3, -0.25) is 4.79 Å². The van der Waals surface area contributed by atoms with E-state index in [-0.39, 0.29) is 19.2 Å². The Kier molecular flexibility index (Phi) is 18.8. The first-order valence-electron chi connectivity index (χ1n) is 3.73. The van der Waals surface area contributed by atoms with Crippen LogP contribution in [0.1, 0.15) is 26.2 Å². The van der Waals surface area contributed by atoms with Crippen LogP contribution in [0.15, 0.2) is 0 Å². The van der Waals surface area contributed by atoms with Gasteiger partial charge in [-0.25, -0.2) is 0 Å². The molecule has 0 bridgehead atoms. The van der Waals surface area contributed by atoms with Crippen molar-refractivity contribution < 1.29 is 22.7 Å². The summed E-state index contributed by atoms with van der Waals surface area (Å²) < 4.78 is 4.68. The summed E-state index contributed by atoms with van der Waals surface area (Å²) in [5, 5.41) is 0. The number of ether oxygens (including phenoxy) is 1. The molecule has 0 rings (SSSR count). The quantitative estimate of drug-likeness (QED) is 0.440. The smallest absolute Gasteiger partial charge is 0.302 e. The standard InChI is InChI=1S/C7H13O2.2BrH.Zn/c1-3-4-5-6-9-7(2)8;;;/h1,3-6H2,2H3;2*1H;/q;;;+2/p-2. The fourth-order valence-electron chi connectivity index (χ4n) is 0.495. The molecule has 0 aromatic heterocycles. The Labute approximate surface area is 95.1 Å². The SMILES string of the molecule is [Br][Zn][Br].[CH2]CCCCOC(C)=O. The van der Waals surface area contributed by atoms with E-state index in [1.54, 1.807) is 0 Å². The fraction of sp³-hybridized carbons (Fsp3) is 0.714. The number of halogens is 2. The number of hydrogen-bond acceptors (Lipinski definition) is 2. The van der Waals surface area contributed by atoms with E-state index in [0.717, 1.165) is 19.3 Å². The molecule has 0 saturated carbocycles. The number of rotatable bonds is 4. The van der Waals surface area contributed by atoms with Gasteiger partial charge in [-0.05, 0) is 6.42 Å². The van der Waals surface area contributed by atoms with Crippen LogP contribution in [0.5, 0.6) is 0 Å². The average molecular weight is 354 g/mol. The number of carbonyl (C=O) groups excluding carboxylic acids is 1. The summed E-state index contributed by atoms with van der Waals surface area (Å²) in [5.74, 6) is -0.195. The van der Waals surface area contributed by atoms with Crippen LogP contribution in [0.25, 0.3) is 0 Å². The van der Waals surface area contributed by atoms with Crippen LogP contribution in [-0.4, -0.2) is 12.6 Å². The zero-order valence-electron chi connectivity index (χ0n) is 7.32. The zero-order chi connectivity index (χ0) is 9.82. The van der Waals surface area contributed by atoms with Gasteiger partial charge in [0.1, 0.15) is 0 Å². The van der Waals surface area contributed by atoms with Crippen LogP contribution in [0.4, 0.5) is 0 Å². The molecule has 1 radical (unpaired) electrons. The number of carbonyl (C=O) groups is 1. The van der Waals surface area contributed by atoms with Crippen molar-refractivity contribution in [3.05, 3.63) is 6.92 Å². The summed E-state index contributed by atoms with van der Waals surface area (Å²) in [4.78, 5) is 10.2. The van der Waals surface area contributed by atoms with E-state index >= 15 is 0 Å². The molecule has 0 aliphatic carbocycles. The van der Waals surface area contributed by atoms with Gasteiger partial charge >= 0.3 is 46.4 Å². The Hall–Kier alpha value is 1.05. The van der Waals surface area contributed by atoms with Crippen LogP contribution in [0.3, 0.4) is 0 Å². The van der Waals surface area contributed by atoms with Crippen molar-refractivity contribution in [1.82, 2.24) is 0 Å². The molecule has 0 aromatic carbocycles. The van der Waals surface area contributed by atoms with Gasteiger partial charge in [-0.15, -0.1) is 0 Å². The second-order valence-corrected chi connectivity index (χ2v) is 16.1. The molecule has 0 aliphatic rings. The maximum Gasteiger partial charge on any atom is 0.302 e. The van der Waals surface area contributed by atoms with E-state index in [9.17, 15) is 4.79 Å². The Morgan fingerprint density at radius 3 is 2.33 bits per heavy atom. The van der Waals surface area contributed by atoms with Crippen molar-refractivity contribution in [2.24, 2.45) is 0 Å². The van der Waals surface area contributed by atoms with Crippen molar-refractivity contribution in [3.8, 4) is 0 Å². The van der Waals surface area contributed by atoms with Gasteiger partial charge in [-0.1, -0.05) is 19.8 Å². The summed E-state index contributed by atoms with van der Waals surface area (Å²) in [6, 6.07) is 0. The molecular formula is C7H13Br2O2Zn. The van der Waals surface area contributed by atoms with E-state index in [0.29, 0.717) is 6.61 Å². The van der Waals surface area contributed by atoms with Crippen LogP contribution >= 0.6 is 27.2 Å². The monoisotopic (exact) mass is 351 g/mol. The Morgan fingerprint density at radius 1 is 1.50 bits per heavy atom. The molecule has 0 saturated heterocycles. The predicted octanol–water partition coefficient (Wildman–Crippen LogP) is 3.24. The zero-order valence-corrected chi connectivity index (χ0v) is 13.5. The molecule has 5 heteroatoms. The van der Waals surface area contributed by atoms with E-state index in [1.165, 1.54) is 6.92 Å². The van der Waals surface area contributed by atoms with Gasteiger partial charge in [-0.2, -0.15) is 0 Å². The van der Waals surface area contributed by atoms with Crippen LogP contribution in [0, 0.1) is 6.92 Å². The minimum Gasteiger partial charge on any atom is -0.466 e. The minimum atomic E-state index is -0.250. The second kappa shape index (κ2) is 14.6. The Morgan fingerprint density at radius 2 is 2.00 bits per heavy atom. The van der Waals surface area contributed by atoms with Crippen molar-refractivity contribution in [3.63, 3.8) is 0 Å². The first kappa shape index (κ1) is 15.5. The second-order valence-electron chi connectivity index (χ2n) is 2.00. The van der Waals surface area contributed by atoms with Crippen molar-refractivity contribution in [1.29, 1.82) is 0 Å². The summed E-state index contributed by atoms with van der Waals surface area (Å²) >= 11 is 6.25. The molecular weight excluding hydrogens is 341 g/mol. The summed E-state index contributed by atoms with van der Waals surface area (Å²) in [6.07, 6.45) is 2.89. The van der Waals surface area contributed by atoms with Crippen molar-refractivity contribution >= 4 is 33.2 Å². The van der Waals surface area contributed by atoms with E-state index in [2.05, 4.69) is 38.9 Å². The third-order valence-corrected chi connectivity index (χ3v) is 0.950. The van der Waals surface area contributed by atoms with E-state index < -0.39 is 0 Å². The average Bonchev–Trinajstić information content (AvgIpc) is 1.99. The minimum absolute atomic E-state index is 0.195. The van der Waals surface area contributed by atoms with Gasteiger partial charge in [0, 0.05) is 6.92 Å². The third kappa shape index (κ3) is 22.5. The molecule has 12 heavy (non-hydrogen) atoms. The summed E-state index contributed by atoms with van der Waals surface area (Å²) in [5.41, 5.74) is 0. The molecule has 0 atom stereocenters. The largest absolute Gasteiger partial charge is 0.466 e. The number of hydrogen-bond donors (Lipinski definition) is 0. The molecule has 0 N–H and O–H groups in total.